The number of amides is 1. The molecule has 1 amide bonds. The summed E-state index contributed by atoms with van der Waals surface area (Å²) < 4.78 is 5.20. The van der Waals surface area contributed by atoms with Gasteiger partial charge in [-0.1, -0.05) is 12.1 Å². The van der Waals surface area contributed by atoms with Crippen LogP contribution in [0.15, 0.2) is 73.3 Å². The number of carbonyl (C=O) groups is 3. The first kappa shape index (κ1) is 19.4. The highest BCUT2D eigenvalue weighted by Crippen LogP contribution is 2.38. The topological polar surface area (TPSA) is 92.0 Å². The first-order chi connectivity index (χ1) is 14.6. The first-order valence-corrected chi connectivity index (χ1v) is 9.54. The van der Waals surface area contributed by atoms with Gasteiger partial charge >= 0.3 is 0 Å². The zero-order chi connectivity index (χ0) is 21.1. The fraction of sp³-hybridized carbons (Fsp3) is 0.174. The minimum Gasteiger partial charge on any atom is -0.497 e. The molecule has 30 heavy (non-hydrogen) atoms. The summed E-state index contributed by atoms with van der Waals surface area (Å²) in [7, 11) is 1.51. The van der Waals surface area contributed by atoms with Gasteiger partial charge in [0.05, 0.1) is 19.7 Å². The second-order valence-electron chi connectivity index (χ2n) is 7.06. The lowest BCUT2D eigenvalue weighted by atomic mass is 9.86. The number of Topliss-reactive ketones (excluding diaryl/α,β-unsaturated/α-hetero) is 2. The predicted octanol–water partition coefficient (Wildman–Crippen LogP) is 1.48. The molecular formula is C23H21N3O4+2. The Hall–Kier alpha value is -3.87. The van der Waals surface area contributed by atoms with Gasteiger partial charge in [-0.05, 0) is 24.3 Å². The van der Waals surface area contributed by atoms with E-state index in [9.17, 15) is 14.4 Å². The van der Waals surface area contributed by atoms with E-state index in [0.29, 0.717) is 16.9 Å². The van der Waals surface area contributed by atoms with Crippen molar-refractivity contribution in [3.05, 3.63) is 90.0 Å². The number of aromatic amines is 2. The van der Waals surface area contributed by atoms with Crippen LogP contribution in [-0.4, -0.2) is 29.5 Å². The van der Waals surface area contributed by atoms with Crippen molar-refractivity contribution < 1.29 is 29.1 Å². The molecule has 0 bridgehead atoms. The van der Waals surface area contributed by atoms with Crippen molar-refractivity contribution in [3.63, 3.8) is 0 Å². The fourth-order valence-electron chi connectivity index (χ4n) is 3.80. The van der Waals surface area contributed by atoms with Crippen molar-refractivity contribution in [3.8, 4) is 5.75 Å². The lowest BCUT2D eigenvalue weighted by Crippen LogP contribution is -2.31. The molecule has 0 radical (unpaired) electrons. The Kier molecular flexibility index (Phi) is 5.34. The van der Waals surface area contributed by atoms with Crippen LogP contribution >= 0.6 is 0 Å². The summed E-state index contributed by atoms with van der Waals surface area (Å²) in [6.45, 7) is 0.212. The quantitative estimate of drug-likeness (QED) is 0.354. The van der Waals surface area contributed by atoms with E-state index < -0.39 is 29.4 Å². The zero-order valence-electron chi connectivity index (χ0n) is 16.4. The number of ether oxygens (including phenoxy) is 1. The number of carbonyl (C=O) groups excluding carboxylic acids is 3. The van der Waals surface area contributed by atoms with Gasteiger partial charge in [-0.25, -0.2) is 9.97 Å². The Morgan fingerprint density at radius 1 is 1.03 bits per heavy atom. The lowest BCUT2D eigenvalue weighted by molar-refractivity contribution is -0.379. The van der Waals surface area contributed by atoms with Gasteiger partial charge in [-0.3, -0.25) is 14.4 Å². The number of hydrogen-bond donors (Lipinski definition) is 0. The SMILES string of the molecule is COc1cccc(C(=O)C2C(=O)C(=O)N(Cc3ccc[nH+]c3)C2c2ccc[nH+]c2)c1. The summed E-state index contributed by atoms with van der Waals surface area (Å²) in [5, 5.41) is 0. The number of hydrogen-bond acceptors (Lipinski definition) is 4. The maximum absolute atomic E-state index is 13.4. The smallest absolute Gasteiger partial charge is 0.291 e. The molecule has 2 unspecified atom stereocenters. The Bertz CT molecular complexity index is 1090. The number of ketones is 2. The molecular weight excluding hydrogens is 382 g/mol. The molecule has 3 heterocycles. The van der Waals surface area contributed by atoms with Crippen LogP contribution in [0.4, 0.5) is 0 Å². The average molecular weight is 403 g/mol. The van der Waals surface area contributed by atoms with E-state index in [1.165, 1.54) is 12.0 Å². The molecule has 150 valence electrons. The van der Waals surface area contributed by atoms with Crippen LogP contribution in [0.25, 0.3) is 0 Å². The number of rotatable bonds is 6. The van der Waals surface area contributed by atoms with Gasteiger partial charge in [-0.15, -0.1) is 0 Å². The number of pyridine rings is 2. The number of aromatic nitrogens is 2. The highest BCUT2D eigenvalue weighted by atomic mass is 16.5. The van der Waals surface area contributed by atoms with Crippen molar-refractivity contribution >= 4 is 17.5 Å². The van der Waals surface area contributed by atoms with E-state index in [1.54, 1.807) is 55.1 Å². The monoisotopic (exact) mass is 403 g/mol. The molecule has 0 spiro atoms. The minimum absolute atomic E-state index is 0.212. The Morgan fingerprint density at radius 2 is 1.80 bits per heavy atom. The summed E-state index contributed by atoms with van der Waals surface area (Å²) in [5.41, 5.74) is 1.86. The molecule has 7 heteroatoms. The summed E-state index contributed by atoms with van der Waals surface area (Å²) in [6.07, 6.45) is 6.98. The van der Waals surface area contributed by atoms with Crippen molar-refractivity contribution in [2.24, 2.45) is 5.92 Å². The molecule has 0 saturated carbocycles. The van der Waals surface area contributed by atoms with E-state index in [2.05, 4.69) is 9.97 Å². The molecule has 1 aliphatic heterocycles. The Labute approximate surface area is 173 Å². The molecule has 3 aromatic rings. The van der Waals surface area contributed by atoms with E-state index in [4.69, 9.17) is 4.74 Å². The highest BCUT2D eigenvalue weighted by molar-refractivity contribution is 6.44. The molecule has 2 atom stereocenters. The van der Waals surface area contributed by atoms with Gasteiger partial charge in [-0.2, -0.15) is 0 Å². The number of nitrogens with zero attached hydrogens (tertiary/aromatic N) is 1. The molecule has 0 aliphatic carbocycles. The van der Waals surface area contributed by atoms with Gasteiger partial charge in [0.1, 0.15) is 11.7 Å². The fourth-order valence-corrected chi connectivity index (χ4v) is 3.80. The number of benzene rings is 1. The maximum atomic E-state index is 13.4. The number of methoxy groups -OCH3 is 1. The largest absolute Gasteiger partial charge is 0.497 e. The van der Waals surface area contributed by atoms with Crippen molar-refractivity contribution in [2.75, 3.05) is 7.11 Å². The van der Waals surface area contributed by atoms with Crippen LogP contribution in [0, 0.1) is 5.92 Å². The van der Waals surface area contributed by atoms with Crippen LogP contribution < -0.4 is 14.7 Å². The highest BCUT2D eigenvalue weighted by Gasteiger charge is 2.52. The standard InChI is InChI=1S/C23H19N3O4/c1-30-18-8-2-6-16(11-18)21(27)19-20(17-7-4-10-25-13-17)26(23(29)22(19)28)14-15-5-3-9-24-12-15/h2-13,19-20H,14H2,1H3/p+2. The molecule has 1 saturated heterocycles. The van der Waals surface area contributed by atoms with Crippen LogP contribution in [0.2, 0.25) is 0 Å². The van der Waals surface area contributed by atoms with Crippen molar-refractivity contribution in [1.29, 1.82) is 0 Å². The predicted molar refractivity (Wildman–Crippen MR) is 105 cm³/mol. The molecule has 2 aromatic heterocycles. The summed E-state index contributed by atoms with van der Waals surface area (Å²) in [4.78, 5) is 46.8. The third-order valence-electron chi connectivity index (χ3n) is 5.24. The second kappa shape index (κ2) is 8.24. The molecule has 1 fully saturated rings. The molecule has 2 N–H and O–H groups in total. The summed E-state index contributed by atoms with van der Waals surface area (Å²) in [5.74, 6) is -2.37. The van der Waals surface area contributed by atoms with E-state index in [0.717, 1.165) is 5.56 Å². The normalized spacial score (nSPS) is 18.5. The lowest BCUT2D eigenvalue weighted by Gasteiger charge is -2.25. The van der Waals surface area contributed by atoms with E-state index >= 15 is 0 Å². The van der Waals surface area contributed by atoms with Crippen LogP contribution in [0.5, 0.6) is 5.75 Å². The zero-order valence-corrected chi connectivity index (χ0v) is 16.4. The van der Waals surface area contributed by atoms with Crippen molar-refractivity contribution in [1.82, 2.24) is 4.90 Å². The van der Waals surface area contributed by atoms with E-state index in [-0.39, 0.29) is 6.54 Å². The van der Waals surface area contributed by atoms with Crippen LogP contribution in [0.1, 0.15) is 27.5 Å². The molecule has 1 aliphatic rings. The van der Waals surface area contributed by atoms with Crippen molar-refractivity contribution in [2.45, 2.75) is 12.6 Å². The second-order valence-corrected chi connectivity index (χ2v) is 7.06. The van der Waals surface area contributed by atoms with Gasteiger partial charge in [0.2, 0.25) is 5.78 Å². The third kappa shape index (κ3) is 3.57. The number of likely N-dealkylation sites (tertiary alicyclic amines) is 1. The Balaban J connectivity index is 1.76. The van der Waals surface area contributed by atoms with Gasteiger partial charge in [0.15, 0.2) is 30.6 Å². The van der Waals surface area contributed by atoms with Crippen LogP contribution in [-0.2, 0) is 16.1 Å². The van der Waals surface area contributed by atoms with E-state index in [1.807, 2.05) is 18.2 Å². The molecule has 7 nitrogen and oxygen atoms in total. The third-order valence-corrected chi connectivity index (χ3v) is 5.24. The molecule has 1 aromatic carbocycles. The van der Waals surface area contributed by atoms with Crippen LogP contribution in [0.3, 0.4) is 0 Å². The average Bonchev–Trinajstić information content (AvgIpc) is 3.05. The first-order valence-electron chi connectivity index (χ1n) is 9.54. The summed E-state index contributed by atoms with van der Waals surface area (Å²) in [6, 6.07) is 13.2. The number of nitrogens with one attached hydrogen (secondary N) is 2. The van der Waals surface area contributed by atoms with Gasteiger partial charge in [0, 0.05) is 28.8 Å². The molecule has 4 rings (SSSR count). The van der Waals surface area contributed by atoms with Gasteiger partial charge in [0.25, 0.3) is 5.91 Å². The minimum atomic E-state index is -1.13. The van der Waals surface area contributed by atoms with Gasteiger partial charge < -0.3 is 9.64 Å². The Morgan fingerprint density at radius 3 is 2.47 bits per heavy atom. The summed E-state index contributed by atoms with van der Waals surface area (Å²) >= 11 is 0. The number of H-pyrrole nitrogens is 2. The maximum Gasteiger partial charge on any atom is 0.291 e.